The van der Waals surface area contributed by atoms with Crippen LogP contribution in [0.2, 0.25) is 0 Å². The minimum atomic E-state index is -4.20. The molecular formula is C12H13F3N4. The molecule has 0 radical (unpaired) electrons. The maximum absolute atomic E-state index is 12.1. The molecule has 19 heavy (non-hydrogen) atoms. The van der Waals surface area contributed by atoms with E-state index in [0.29, 0.717) is 5.69 Å². The van der Waals surface area contributed by atoms with Gasteiger partial charge in [-0.15, -0.1) is 0 Å². The van der Waals surface area contributed by atoms with Crippen molar-refractivity contribution in [2.75, 3.05) is 0 Å². The van der Waals surface area contributed by atoms with Gasteiger partial charge in [-0.25, -0.2) is 0 Å². The number of benzene rings is 1. The van der Waals surface area contributed by atoms with Gasteiger partial charge < -0.3 is 5.73 Å². The minimum absolute atomic E-state index is 0.197. The van der Waals surface area contributed by atoms with Gasteiger partial charge in [0.15, 0.2) is 0 Å². The molecule has 1 unspecified atom stereocenters. The standard InChI is InChI=1S/C12H13F3N4/c13-12(14,15)7-6-10(16)11-8-17-19(18-11)9-4-2-1-3-5-9/h1-5,8,10H,6-7,16H2. The first kappa shape index (κ1) is 13.5. The predicted molar refractivity (Wildman–Crippen MR) is 63.6 cm³/mol. The maximum Gasteiger partial charge on any atom is 0.389 e. The third kappa shape index (κ3) is 3.78. The van der Waals surface area contributed by atoms with E-state index in [1.54, 1.807) is 12.1 Å². The van der Waals surface area contributed by atoms with Crippen molar-refractivity contribution >= 4 is 0 Å². The Hall–Kier alpha value is -1.89. The number of hydrogen-bond acceptors (Lipinski definition) is 3. The van der Waals surface area contributed by atoms with Crippen LogP contribution in [0.1, 0.15) is 24.6 Å². The van der Waals surface area contributed by atoms with E-state index < -0.39 is 18.6 Å². The Bertz CT molecular complexity index is 521. The highest BCUT2D eigenvalue weighted by atomic mass is 19.4. The summed E-state index contributed by atoms with van der Waals surface area (Å²) >= 11 is 0. The number of nitrogens with two attached hydrogens (primary N) is 1. The van der Waals surface area contributed by atoms with Crippen molar-refractivity contribution in [3.8, 4) is 5.69 Å². The van der Waals surface area contributed by atoms with Gasteiger partial charge in [0.1, 0.15) is 0 Å². The summed E-state index contributed by atoms with van der Waals surface area (Å²) < 4.78 is 36.3. The van der Waals surface area contributed by atoms with Gasteiger partial charge >= 0.3 is 6.18 Å². The number of rotatable bonds is 4. The van der Waals surface area contributed by atoms with E-state index in [1.165, 1.54) is 11.0 Å². The molecule has 1 heterocycles. The lowest BCUT2D eigenvalue weighted by Crippen LogP contribution is -2.16. The summed E-state index contributed by atoms with van der Waals surface area (Å²) in [6.07, 6.45) is -3.93. The first-order valence-electron chi connectivity index (χ1n) is 5.76. The van der Waals surface area contributed by atoms with Gasteiger partial charge in [0, 0.05) is 6.42 Å². The van der Waals surface area contributed by atoms with Crippen LogP contribution in [0.4, 0.5) is 13.2 Å². The van der Waals surface area contributed by atoms with Gasteiger partial charge in [-0.1, -0.05) is 18.2 Å². The maximum atomic E-state index is 12.1. The average Bonchev–Trinajstić information content (AvgIpc) is 2.86. The Morgan fingerprint density at radius 3 is 2.53 bits per heavy atom. The van der Waals surface area contributed by atoms with E-state index >= 15 is 0 Å². The van der Waals surface area contributed by atoms with E-state index in [2.05, 4.69) is 10.2 Å². The van der Waals surface area contributed by atoms with Crippen molar-refractivity contribution in [1.82, 2.24) is 15.0 Å². The molecule has 2 N–H and O–H groups in total. The highest BCUT2D eigenvalue weighted by Gasteiger charge is 2.28. The van der Waals surface area contributed by atoms with Crippen molar-refractivity contribution in [2.24, 2.45) is 5.73 Å². The fraction of sp³-hybridized carbons (Fsp3) is 0.333. The summed E-state index contributed by atoms with van der Waals surface area (Å²) in [4.78, 5) is 1.35. The molecule has 0 bridgehead atoms. The number of aromatic nitrogens is 3. The number of alkyl halides is 3. The Morgan fingerprint density at radius 1 is 1.21 bits per heavy atom. The lowest BCUT2D eigenvalue weighted by atomic mass is 10.1. The van der Waals surface area contributed by atoms with Crippen LogP contribution in [0, 0.1) is 0 Å². The zero-order valence-electron chi connectivity index (χ0n) is 10.0. The predicted octanol–water partition coefficient (Wildman–Crippen LogP) is 2.61. The normalized spacial score (nSPS) is 13.5. The summed E-state index contributed by atoms with van der Waals surface area (Å²) in [6.45, 7) is 0. The van der Waals surface area contributed by atoms with E-state index in [4.69, 9.17) is 5.73 Å². The van der Waals surface area contributed by atoms with E-state index in [9.17, 15) is 13.2 Å². The second-order valence-electron chi connectivity index (χ2n) is 4.15. The number of halogens is 3. The van der Waals surface area contributed by atoms with Crippen LogP contribution in [0.3, 0.4) is 0 Å². The summed E-state index contributed by atoms with van der Waals surface area (Å²) in [5.74, 6) is 0. The molecule has 1 aromatic heterocycles. The Balaban J connectivity index is 2.05. The van der Waals surface area contributed by atoms with Crippen LogP contribution in [0.25, 0.3) is 5.69 Å². The van der Waals surface area contributed by atoms with Gasteiger partial charge in [-0.05, 0) is 18.6 Å². The number of para-hydroxylation sites is 1. The van der Waals surface area contributed by atoms with Gasteiger partial charge in [0.25, 0.3) is 0 Å². The van der Waals surface area contributed by atoms with Crippen molar-refractivity contribution in [3.63, 3.8) is 0 Å². The average molecular weight is 270 g/mol. The highest BCUT2D eigenvalue weighted by molar-refractivity contribution is 5.28. The van der Waals surface area contributed by atoms with Gasteiger partial charge in [0.05, 0.1) is 23.6 Å². The van der Waals surface area contributed by atoms with Gasteiger partial charge in [-0.2, -0.15) is 28.2 Å². The van der Waals surface area contributed by atoms with Crippen LogP contribution >= 0.6 is 0 Å². The topological polar surface area (TPSA) is 56.7 Å². The van der Waals surface area contributed by atoms with Crippen LogP contribution in [0.15, 0.2) is 36.5 Å². The largest absolute Gasteiger partial charge is 0.389 e. The molecule has 0 aliphatic rings. The minimum Gasteiger partial charge on any atom is -0.323 e. The molecule has 4 nitrogen and oxygen atoms in total. The summed E-state index contributed by atoms with van der Waals surface area (Å²) in [7, 11) is 0. The molecule has 1 atom stereocenters. The Kier molecular flexibility index (Phi) is 3.84. The third-order valence-electron chi connectivity index (χ3n) is 2.62. The SMILES string of the molecule is NC(CCC(F)(F)F)c1cnn(-c2ccccc2)n1. The van der Waals surface area contributed by atoms with E-state index in [-0.39, 0.29) is 6.42 Å². The van der Waals surface area contributed by atoms with Crippen molar-refractivity contribution < 1.29 is 13.2 Å². The number of nitrogens with zero attached hydrogens (tertiary/aromatic N) is 3. The molecule has 1 aromatic carbocycles. The van der Waals surface area contributed by atoms with Crippen LogP contribution in [-0.4, -0.2) is 21.2 Å². The van der Waals surface area contributed by atoms with Crippen molar-refractivity contribution in [3.05, 3.63) is 42.2 Å². The second-order valence-corrected chi connectivity index (χ2v) is 4.15. The molecule has 0 spiro atoms. The van der Waals surface area contributed by atoms with Gasteiger partial charge in [-0.3, -0.25) is 0 Å². The smallest absolute Gasteiger partial charge is 0.323 e. The Morgan fingerprint density at radius 2 is 1.89 bits per heavy atom. The second kappa shape index (κ2) is 5.40. The molecular weight excluding hydrogens is 257 g/mol. The van der Waals surface area contributed by atoms with Crippen LogP contribution in [0.5, 0.6) is 0 Å². The fourth-order valence-electron chi connectivity index (χ4n) is 1.60. The summed E-state index contributed by atoms with van der Waals surface area (Å²) in [5, 5.41) is 8.09. The first-order valence-corrected chi connectivity index (χ1v) is 5.76. The monoisotopic (exact) mass is 270 g/mol. The summed E-state index contributed by atoms with van der Waals surface area (Å²) in [5.41, 5.74) is 6.77. The van der Waals surface area contributed by atoms with Crippen LogP contribution in [-0.2, 0) is 0 Å². The van der Waals surface area contributed by atoms with Crippen molar-refractivity contribution in [1.29, 1.82) is 0 Å². The first-order chi connectivity index (χ1) is 8.96. The zero-order chi connectivity index (χ0) is 13.9. The molecule has 0 aliphatic carbocycles. The molecule has 0 amide bonds. The summed E-state index contributed by atoms with van der Waals surface area (Å²) in [6, 6.07) is 8.32. The number of hydrogen-bond donors (Lipinski definition) is 1. The molecule has 7 heteroatoms. The van der Waals surface area contributed by atoms with E-state index in [1.807, 2.05) is 18.2 Å². The quantitative estimate of drug-likeness (QED) is 0.929. The molecule has 0 fully saturated rings. The van der Waals surface area contributed by atoms with Crippen molar-refractivity contribution in [2.45, 2.75) is 25.1 Å². The Labute approximate surface area is 108 Å². The van der Waals surface area contributed by atoms with Gasteiger partial charge in [0.2, 0.25) is 0 Å². The molecule has 0 aliphatic heterocycles. The molecule has 2 aromatic rings. The fourth-order valence-corrected chi connectivity index (χ4v) is 1.60. The highest BCUT2D eigenvalue weighted by Crippen LogP contribution is 2.25. The lowest BCUT2D eigenvalue weighted by Gasteiger charge is -2.10. The molecule has 0 saturated carbocycles. The zero-order valence-corrected chi connectivity index (χ0v) is 10.0. The molecule has 2 rings (SSSR count). The third-order valence-corrected chi connectivity index (χ3v) is 2.62. The molecule has 102 valence electrons. The molecule has 0 saturated heterocycles. The van der Waals surface area contributed by atoms with E-state index in [0.717, 1.165) is 5.69 Å². The van der Waals surface area contributed by atoms with Crippen LogP contribution < -0.4 is 5.73 Å². The lowest BCUT2D eigenvalue weighted by molar-refractivity contribution is -0.136.